The number of anilines is 2. The van der Waals surface area contributed by atoms with Gasteiger partial charge < -0.3 is 20.4 Å². The lowest BCUT2D eigenvalue weighted by Gasteiger charge is -2.34. The van der Waals surface area contributed by atoms with E-state index >= 15 is 0 Å². The molecule has 112 valence electrons. The Balaban J connectivity index is 2.14. The first-order valence-electron chi connectivity index (χ1n) is 7.17. The van der Waals surface area contributed by atoms with Crippen molar-refractivity contribution in [2.45, 2.75) is 25.9 Å². The highest BCUT2D eigenvalue weighted by atomic mass is 19.1. The van der Waals surface area contributed by atoms with Crippen molar-refractivity contribution in [3.63, 3.8) is 0 Å². The highest BCUT2D eigenvalue weighted by molar-refractivity contribution is 5.70. The predicted molar refractivity (Wildman–Crippen MR) is 78.6 cm³/mol. The van der Waals surface area contributed by atoms with Crippen molar-refractivity contribution in [3.8, 4) is 0 Å². The molecule has 2 atom stereocenters. The fourth-order valence-electron chi connectivity index (χ4n) is 2.63. The van der Waals surface area contributed by atoms with E-state index in [4.69, 9.17) is 5.11 Å². The summed E-state index contributed by atoms with van der Waals surface area (Å²) >= 11 is 0. The number of piperidine rings is 1. The van der Waals surface area contributed by atoms with Gasteiger partial charge >= 0.3 is 0 Å². The molecule has 1 aliphatic rings. The number of aliphatic hydroxyl groups excluding tert-OH is 2. The van der Waals surface area contributed by atoms with Crippen LogP contribution in [0.1, 0.15) is 19.8 Å². The van der Waals surface area contributed by atoms with Gasteiger partial charge in [-0.3, -0.25) is 0 Å². The molecule has 0 aliphatic carbocycles. The van der Waals surface area contributed by atoms with Crippen molar-refractivity contribution in [3.05, 3.63) is 24.0 Å². The van der Waals surface area contributed by atoms with Crippen LogP contribution >= 0.6 is 0 Å². The van der Waals surface area contributed by atoms with E-state index in [0.717, 1.165) is 25.2 Å². The lowest BCUT2D eigenvalue weighted by Crippen LogP contribution is -2.35. The van der Waals surface area contributed by atoms with E-state index in [2.05, 4.69) is 17.1 Å². The lowest BCUT2D eigenvalue weighted by molar-refractivity contribution is 0.105. The minimum atomic E-state index is -0.841. The van der Waals surface area contributed by atoms with Gasteiger partial charge in [0.05, 0.1) is 24.1 Å². The molecule has 4 nitrogen and oxygen atoms in total. The zero-order valence-electron chi connectivity index (χ0n) is 11.8. The molecule has 0 saturated carbocycles. The second kappa shape index (κ2) is 6.90. The van der Waals surface area contributed by atoms with Gasteiger partial charge in [-0.2, -0.15) is 0 Å². The van der Waals surface area contributed by atoms with E-state index in [1.54, 1.807) is 6.07 Å². The molecule has 20 heavy (non-hydrogen) atoms. The highest BCUT2D eigenvalue weighted by Gasteiger charge is 2.19. The quantitative estimate of drug-likeness (QED) is 0.771. The van der Waals surface area contributed by atoms with E-state index in [1.165, 1.54) is 18.6 Å². The van der Waals surface area contributed by atoms with Crippen molar-refractivity contribution < 1.29 is 14.6 Å². The fourth-order valence-corrected chi connectivity index (χ4v) is 2.63. The molecule has 2 unspecified atom stereocenters. The van der Waals surface area contributed by atoms with Gasteiger partial charge in [0.15, 0.2) is 0 Å². The summed E-state index contributed by atoms with van der Waals surface area (Å²) < 4.78 is 13.4. The Bertz CT molecular complexity index is 442. The third kappa shape index (κ3) is 3.84. The number of benzene rings is 1. The molecule has 0 amide bonds. The molecule has 0 radical (unpaired) electrons. The molecule has 1 aliphatic heterocycles. The Morgan fingerprint density at radius 1 is 1.50 bits per heavy atom. The number of nitrogens with one attached hydrogen (secondary N) is 1. The van der Waals surface area contributed by atoms with Gasteiger partial charge in [-0.1, -0.05) is 6.92 Å². The Hall–Kier alpha value is -1.33. The summed E-state index contributed by atoms with van der Waals surface area (Å²) in [6, 6.07) is 4.68. The first-order valence-corrected chi connectivity index (χ1v) is 7.17. The smallest absolute Gasteiger partial charge is 0.125 e. The summed E-state index contributed by atoms with van der Waals surface area (Å²) in [7, 11) is 0. The molecule has 1 aromatic rings. The van der Waals surface area contributed by atoms with Gasteiger partial charge in [0.25, 0.3) is 0 Å². The summed E-state index contributed by atoms with van der Waals surface area (Å²) in [5, 5.41) is 21.3. The van der Waals surface area contributed by atoms with Crippen molar-refractivity contribution in [1.82, 2.24) is 0 Å². The Labute approximate surface area is 119 Å². The molecular formula is C15H23FN2O2. The van der Waals surface area contributed by atoms with Gasteiger partial charge in [-0.05, 0) is 37.0 Å². The van der Waals surface area contributed by atoms with Crippen molar-refractivity contribution in [2.24, 2.45) is 5.92 Å². The van der Waals surface area contributed by atoms with Gasteiger partial charge in [-0.25, -0.2) is 4.39 Å². The van der Waals surface area contributed by atoms with Gasteiger partial charge in [-0.15, -0.1) is 0 Å². The van der Waals surface area contributed by atoms with Crippen LogP contribution in [-0.2, 0) is 0 Å². The fraction of sp³-hybridized carbons (Fsp3) is 0.600. The summed E-state index contributed by atoms with van der Waals surface area (Å²) in [6.45, 7) is 4.04. The van der Waals surface area contributed by atoms with E-state index in [-0.39, 0.29) is 19.0 Å². The van der Waals surface area contributed by atoms with E-state index < -0.39 is 6.10 Å². The maximum Gasteiger partial charge on any atom is 0.125 e. The van der Waals surface area contributed by atoms with Crippen LogP contribution < -0.4 is 10.2 Å². The summed E-state index contributed by atoms with van der Waals surface area (Å²) in [5.41, 5.74) is 1.63. The number of hydrogen-bond acceptors (Lipinski definition) is 4. The topological polar surface area (TPSA) is 55.7 Å². The number of hydrogen-bond donors (Lipinski definition) is 3. The summed E-state index contributed by atoms with van der Waals surface area (Å²) in [5.74, 6) is 0.324. The highest BCUT2D eigenvalue weighted by Crippen LogP contribution is 2.30. The van der Waals surface area contributed by atoms with E-state index in [9.17, 15) is 9.50 Å². The van der Waals surface area contributed by atoms with Crippen LogP contribution in [0.4, 0.5) is 15.8 Å². The van der Waals surface area contributed by atoms with Crippen LogP contribution in [0.2, 0.25) is 0 Å². The average molecular weight is 282 g/mol. The van der Waals surface area contributed by atoms with Gasteiger partial charge in [0, 0.05) is 19.6 Å². The second-order valence-electron chi connectivity index (χ2n) is 5.57. The molecule has 1 saturated heterocycles. The standard InChI is InChI=1S/C15H23FN2O2/c1-11-3-2-6-18(9-11)15-5-4-12(16)7-14(15)17-8-13(20)10-19/h4-5,7,11,13,17,19-20H,2-3,6,8-10H2,1H3. The molecule has 5 heteroatoms. The zero-order chi connectivity index (χ0) is 14.5. The molecule has 2 rings (SSSR count). The van der Waals surface area contributed by atoms with Crippen molar-refractivity contribution in [2.75, 3.05) is 36.5 Å². The molecule has 1 aromatic carbocycles. The van der Waals surface area contributed by atoms with E-state index in [0.29, 0.717) is 11.6 Å². The molecular weight excluding hydrogens is 259 g/mol. The Morgan fingerprint density at radius 3 is 3.00 bits per heavy atom. The molecule has 1 fully saturated rings. The average Bonchev–Trinajstić information content (AvgIpc) is 2.44. The summed E-state index contributed by atoms with van der Waals surface area (Å²) in [6.07, 6.45) is 1.52. The maximum absolute atomic E-state index is 13.4. The zero-order valence-corrected chi connectivity index (χ0v) is 11.8. The molecule has 3 N–H and O–H groups in total. The first kappa shape index (κ1) is 15.1. The molecule has 1 heterocycles. The largest absolute Gasteiger partial charge is 0.394 e. The number of halogens is 1. The monoisotopic (exact) mass is 282 g/mol. The normalized spacial score (nSPS) is 20.8. The molecule has 0 aromatic heterocycles. The molecule has 0 bridgehead atoms. The maximum atomic E-state index is 13.4. The lowest BCUT2D eigenvalue weighted by atomic mass is 9.99. The van der Waals surface area contributed by atoms with Gasteiger partial charge in [0.2, 0.25) is 0 Å². The van der Waals surface area contributed by atoms with Crippen LogP contribution in [0.3, 0.4) is 0 Å². The second-order valence-corrected chi connectivity index (χ2v) is 5.57. The number of rotatable bonds is 5. The van der Waals surface area contributed by atoms with Crippen LogP contribution in [0.15, 0.2) is 18.2 Å². The number of aliphatic hydroxyl groups is 2. The van der Waals surface area contributed by atoms with Gasteiger partial charge in [0.1, 0.15) is 5.82 Å². The Kier molecular flexibility index (Phi) is 5.20. The van der Waals surface area contributed by atoms with E-state index in [1.807, 2.05) is 0 Å². The number of nitrogens with zero attached hydrogens (tertiary/aromatic N) is 1. The van der Waals surface area contributed by atoms with Crippen molar-refractivity contribution >= 4 is 11.4 Å². The Morgan fingerprint density at radius 2 is 2.30 bits per heavy atom. The van der Waals surface area contributed by atoms with Crippen LogP contribution in [0, 0.1) is 11.7 Å². The first-order chi connectivity index (χ1) is 9.60. The van der Waals surface area contributed by atoms with Crippen LogP contribution in [0.5, 0.6) is 0 Å². The molecule has 0 spiro atoms. The van der Waals surface area contributed by atoms with Crippen molar-refractivity contribution in [1.29, 1.82) is 0 Å². The third-order valence-corrected chi connectivity index (χ3v) is 3.70. The minimum Gasteiger partial charge on any atom is -0.394 e. The summed E-state index contributed by atoms with van der Waals surface area (Å²) in [4.78, 5) is 2.25. The predicted octanol–water partition coefficient (Wildman–Crippen LogP) is 1.83. The van der Waals surface area contributed by atoms with Crippen LogP contribution in [0.25, 0.3) is 0 Å². The van der Waals surface area contributed by atoms with Crippen LogP contribution in [-0.4, -0.2) is 42.6 Å². The third-order valence-electron chi connectivity index (χ3n) is 3.70. The minimum absolute atomic E-state index is 0.205. The SMILES string of the molecule is CC1CCCN(c2ccc(F)cc2NCC(O)CO)C1.